The number of hydrogen-bond acceptors (Lipinski definition) is 4. The number of nitrogens with zero attached hydrogens (tertiary/aromatic N) is 1. The maximum Gasteiger partial charge on any atom is 0.232 e. The molecule has 0 aliphatic heterocycles. The highest BCUT2D eigenvalue weighted by Crippen LogP contribution is 2.22. The maximum absolute atomic E-state index is 12.2. The highest BCUT2D eigenvalue weighted by atomic mass is 32.2. The molecule has 0 unspecified atom stereocenters. The number of methoxy groups -OCH3 is 1. The summed E-state index contributed by atoms with van der Waals surface area (Å²) in [6.45, 7) is 0.673. The van der Waals surface area contributed by atoms with Gasteiger partial charge < -0.3 is 10.1 Å². The first-order valence-electron chi connectivity index (χ1n) is 9.73. The largest absolute Gasteiger partial charge is 0.497 e. The van der Waals surface area contributed by atoms with Gasteiger partial charge in [-0.25, -0.2) is 8.42 Å². The average molecular weight is 427 g/mol. The first-order chi connectivity index (χ1) is 14.4. The minimum Gasteiger partial charge on any atom is -0.497 e. The number of carbonyl (C=O) groups excluding carboxylic acids is 1. The molecule has 30 heavy (non-hydrogen) atoms. The molecular formula is C23H26N2O4S. The summed E-state index contributed by atoms with van der Waals surface area (Å²) >= 11 is 0. The van der Waals surface area contributed by atoms with Gasteiger partial charge in [0.15, 0.2) is 0 Å². The molecule has 0 atom stereocenters. The molecule has 7 heteroatoms. The van der Waals surface area contributed by atoms with Crippen LogP contribution in [0.4, 0.5) is 5.69 Å². The molecule has 0 aliphatic rings. The van der Waals surface area contributed by atoms with Crippen LogP contribution in [-0.2, 0) is 21.4 Å². The summed E-state index contributed by atoms with van der Waals surface area (Å²) in [5.74, 6) is 0.548. The summed E-state index contributed by atoms with van der Waals surface area (Å²) in [6, 6.07) is 21.0. The molecule has 0 saturated carbocycles. The van der Waals surface area contributed by atoms with Crippen LogP contribution in [0.1, 0.15) is 18.4 Å². The predicted octanol–water partition coefficient (Wildman–Crippen LogP) is 3.71. The molecule has 6 nitrogen and oxygen atoms in total. The Balaban J connectivity index is 1.53. The number of benzene rings is 3. The van der Waals surface area contributed by atoms with Crippen LogP contribution in [0.5, 0.6) is 5.75 Å². The number of nitrogens with one attached hydrogen (secondary N) is 1. The fraction of sp³-hybridized carbons (Fsp3) is 0.261. The average Bonchev–Trinajstić information content (AvgIpc) is 2.74. The Hall–Kier alpha value is -3.06. The van der Waals surface area contributed by atoms with Gasteiger partial charge in [-0.2, -0.15) is 0 Å². The summed E-state index contributed by atoms with van der Waals surface area (Å²) in [5, 5.41) is 5.20. The number of rotatable bonds is 9. The maximum atomic E-state index is 12.2. The van der Waals surface area contributed by atoms with E-state index in [0.29, 0.717) is 24.4 Å². The van der Waals surface area contributed by atoms with Crippen LogP contribution in [0.2, 0.25) is 0 Å². The van der Waals surface area contributed by atoms with Crippen molar-refractivity contribution in [3.63, 3.8) is 0 Å². The number of sulfonamides is 1. The topological polar surface area (TPSA) is 75.7 Å². The van der Waals surface area contributed by atoms with Gasteiger partial charge in [0, 0.05) is 19.5 Å². The van der Waals surface area contributed by atoms with Gasteiger partial charge in [-0.05, 0) is 53.1 Å². The van der Waals surface area contributed by atoms with Gasteiger partial charge in [0.05, 0.1) is 19.1 Å². The predicted molar refractivity (Wildman–Crippen MR) is 120 cm³/mol. The lowest BCUT2D eigenvalue weighted by atomic mass is 10.1. The molecule has 0 bridgehead atoms. The molecule has 3 rings (SSSR count). The fourth-order valence-corrected chi connectivity index (χ4v) is 4.22. The lowest BCUT2D eigenvalue weighted by Gasteiger charge is -2.22. The van der Waals surface area contributed by atoms with Crippen molar-refractivity contribution in [2.24, 2.45) is 0 Å². The summed E-state index contributed by atoms with van der Waals surface area (Å²) in [6.07, 6.45) is 1.83. The van der Waals surface area contributed by atoms with E-state index in [0.717, 1.165) is 22.6 Å². The van der Waals surface area contributed by atoms with E-state index in [9.17, 15) is 13.2 Å². The first-order valence-corrected chi connectivity index (χ1v) is 11.6. The third-order valence-corrected chi connectivity index (χ3v) is 6.02. The van der Waals surface area contributed by atoms with E-state index >= 15 is 0 Å². The van der Waals surface area contributed by atoms with E-state index in [1.165, 1.54) is 4.31 Å². The SMILES string of the molecule is COc1ccc(N(CCCC(=O)NCc2ccc3ccccc3c2)S(C)(=O)=O)cc1. The Kier molecular flexibility index (Phi) is 6.95. The second-order valence-electron chi connectivity index (χ2n) is 7.09. The number of carbonyl (C=O) groups is 1. The van der Waals surface area contributed by atoms with Crippen molar-refractivity contribution >= 4 is 32.4 Å². The zero-order valence-corrected chi connectivity index (χ0v) is 18.0. The van der Waals surface area contributed by atoms with Gasteiger partial charge in [0.1, 0.15) is 5.75 Å². The Bertz CT molecular complexity index is 1110. The number of hydrogen-bond donors (Lipinski definition) is 1. The fourth-order valence-electron chi connectivity index (χ4n) is 3.26. The molecule has 0 saturated heterocycles. The molecule has 0 radical (unpaired) electrons. The molecule has 1 amide bonds. The minimum absolute atomic E-state index is 0.105. The van der Waals surface area contributed by atoms with E-state index < -0.39 is 10.0 Å². The van der Waals surface area contributed by atoms with Crippen LogP contribution < -0.4 is 14.4 Å². The van der Waals surface area contributed by atoms with E-state index in [2.05, 4.69) is 11.4 Å². The van der Waals surface area contributed by atoms with Crippen molar-refractivity contribution in [1.82, 2.24) is 5.32 Å². The van der Waals surface area contributed by atoms with Crippen molar-refractivity contribution < 1.29 is 17.9 Å². The number of fused-ring (bicyclic) bond motifs is 1. The van der Waals surface area contributed by atoms with Gasteiger partial charge in [0.2, 0.25) is 15.9 Å². The van der Waals surface area contributed by atoms with Gasteiger partial charge in [-0.1, -0.05) is 36.4 Å². The van der Waals surface area contributed by atoms with Crippen LogP contribution in [0.15, 0.2) is 66.7 Å². The standard InChI is InChI=1S/C23H26N2O4S/c1-29-22-13-11-21(12-14-22)25(30(2,27)28)15-5-8-23(26)24-17-18-9-10-19-6-3-4-7-20(19)16-18/h3-4,6-7,9-14,16H,5,8,15,17H2,1-2H3,(H,24,26). The van der Waals surface area contributed by atoms with Crippen molar-refractivity contribution in [2.75, 3.05) is 24.2 Å². The summed E-state index contributed by atoms with van der Waals surface area (Å²) in [5.41, 5.74) is 1.58. The zero-order valence-electron chi connectivity index (χ0n) is 17.2. The van der Waals surface area contributed by atoms with Gasteiger partial charge >= 0.3 is 0 Å². The van der Waals surface area contributed by atoms with Crippen LogP contribution >= 0.6 is 0 Å². The second kappa shape index (κ2) is 9.63. The summed E-state index contributed by atoms with van der Waals surface area (Å²) < 4.78 is 30.8. The minimum atomic E-state index is -3.45. The normalized spacial score (nSPS) is 11.3. The Labute approximate surface area is 177 Å². The van der Waals surface area contributed by atoms with E-state index in [1.54, 1.807) is 31.4 Å². The van der Waals surface area contributed by atoms with Crippen molar-refractivity contribution in [2.45, 2.75) is 19.4 Å². The van der Waals surface area contributed by atoms with Crippen molar-refractivity contribution in [1.29, 1.82) is 0 Å². The Morgan fingerprint density at radius 3 is 2.37 bits per heavy atom. The van der Waals surface area contributed by atoms with Crippen LogP contribution in [0, 0.1) is 0 Å². The van der Waals surface area contributed by atoms with Gasteiger partial charge in [-0.15, -0.1) is 0 Å². The molecule has 158 valence electrons. The van der Waals surface area contributed by atoms with Crippen LogP contribution in [-0.4, -0.2) is 34.2 Å². The van der Waals surface area contributed by atoms with Crippen molar-refractivity contribution in [3.05, 3.63) is 72.3 Å². The quantitative estimate of drug-likeness (QED) is 0.566. The Morgan fingerprint density at radius 1 is 1.00 bits per heavy atom. The Morgan fingerprint density at radius 2 is 1.70 bits per heavy atom. The molecule has 0 fully saturated rings. The smallest absolute Gasteiger partial charge is 0.232 e. The number of ether oxygens (including phenoxy) is 1. The van der Waals surface area contributed by atoms with E-state index in [1.807, 2.05) is 36.4 Å². The lowest BCUT2D eigenvalue weighted by molar-refractivity contribution is -0.121. The van der Waals surface area contributed by atoms with Crippen LogP contribution in [0.3, 0.4) is 0 Å². The van der Waals surface area contributed by atoms with Crippen molar-refractivity contribution in [3.8, 4) is 5.75 Å². The first kappa shape index (κ1) is 21.6. The molecule has 1 N–H and O–H groups in total. The summed E-state index contributed by atoms with van der Waals surface area (Å²) in [7, 11) is -1.90. The zero-order chi connectivity index (χ0) is 21.6. The number of anilines is 1. The number of amides is 1. The van der Waals surface area contributed by atoms with Gasteiger partial charge in [0.25, 0.3) is 0 Å². The van der Waals surface area contributed by atoms with E-state index in [-0.39, 0.29) is 18.9 Å². The highest BCUT2D eigenvalue weighted by Gasteiger charge is 2.17. The monoisotopic (exact) mass is 426 g/mol. The molecule has 3 aromatic carbocycles. The molecule has 3 aromatic rings. The van der Waals surface area contributed by atoms with Gasteiger partial charge in [-0.3, -0.25) is 9.10 Å². The third kappa shape index (κ3) is 5.73. The summed E-state index contributed by atoms with van der Waals surface area (Å²) in [4.78, 5) is 12.2. The van der Waals surface area contributed by atoms with E-state index in [4.69, 9.17) is 4.74 Å². The van der Waals surface area contributed by atoms with Crippen LogP contribution in [0.25, 0.3) is 10.8 Å². The molecule has 0 aromatic heterocycles. The molecule has 0 spiro atoms. The molecule has 0 heterocycles. The third-order valence-electron chi connectivity index (χ3n) is 4.83. The second-order valence-corrected chi connectivity index (χ2v) is 9.00. The molecule has 0 aliphatic carbocycles. The highest BCUT2D eigenvalue weighted by molar-refractivity contribution is 7.92. The lowest BCUT2D eigenvalue weighted by Crippen LogP contribution is -2.32. The molecular weight excluding hydrogens is 400 g/mol.